The van der Waals surface area contributed by atoms with Crippen LogP contribution in [0.5, 0.6) is 0 Å². The van der Waals surface area contributed by atoms with Crippen molar-refractivity contribution in [2.45, 2.75) is 32.7 Å². The van der Waals surface area contributed by atoms with Crippen molar-refractivity contribution >= 4 is 34.1 Å². The molecular formula is C19H20N2O4S. The fourth-order valence-electron chi connectivity index (χ4n) is 3.08. The summed E-state index contributed by atoms with van der Waals surface area (Å²) < 4.78 is 0. The smallest absolute Gasteiger partial charge is 0.339 e. The molecule has 0 saturated carbocycles. The molecular weight excluding hydrogens is 352 g/mol. The average Bonchev–Trinajstić information content (AvgIpc) is 2.97. The van der Waals surface area contributed by atoms with Gasteiger partial charge >= 0.3 is 5.97 Å². The van der Waals surface area contributed by atoms with Crippen LogP contribution in [0, 0.1) is 0 Å². The zero-order chi connectivity index (χ0) is 18.7. The molecule has 2 heterocycles. The van der Waals surface area contributed by atoms with Crippen molar-refractivity contribution < 1.29 is 19.5 Å². The van der Waals surface area contributed by atoms with Gasteiger partial charge in [-0.05, 0) is 24.0 Å². The lowest BCUT2D eigenvalue weighted by molar-refractivity contribution is -0.129. The highest BCUT2D eigenvalue weighted by atomic mass is 32.1. The molecule has 1 aliphatic heterocycles. The molecule has 2 N–H and O–H groups in total. The Bertz CT molecular complexity index is 845. The molecule has 2 aromatic rings. The molecule has 6 nitrogen and oxygen atoms in total. The predicted molar refractivity (Wildman–Crippen MR) is 99.5 cm³/mol. The van der Waals surface area contributed by atoms with Crippen molar-refractivity contribution in [3.05, 3.63) is 51.9 Å². The van der Waals surface area contributed by atoms with Crippen LogP contribution in [0.15, 0.2) is 30.3 Å². The molecule has 0 radical (unpaired) electrons. The molecule has 2 amide bonds. The lowest BCUT2D eigenvalue weighted by atomic mass is 10.0. The van der Waals surface area contributed by atoms with Crippen LogP contribution in [0.25, 0.3) is 0 Å². The van der Waals surface area contributed by atoms with E-state index in [4.69, 9.17) is 0 Å². The fourth-order valence-corrected chi connectivity index (χ4v) is 4.35. The maximum Gasteiger partial charge on any atom is 0.339 e. The number of nitrogens with zero attached hydrogens (tertiary/aromatic N) is 1. The summed E-state index contributed by atoms with van der Waals surface area (Å²) in [5.74, 6) is -1.29. The number of thiophene rings is 1. The number of carboxylic acids is 1. The van der Waals surface area contributed by atoms with E-state index in [0.717, 1.165) is 16.0 Å². The van der Waals surface area contributed by atoms with Crippen LogP contribution in [-0.4, -0.2) is 34.3 Å². The number of fused-ring (bicyclic) bond motifs is 1. The molecule has 0 fully saturated rings. The first-order valence-corrected chi connectivity index (χ1v) is 9.24. The summed E-state index contributed by atoms with van der Waals surface area (Å²) >= 11 is 1.25. The van der Waals surface area contributed by atoms with Gasteiger partial charge in [-0.15, -0.1) is 11.3 Å². The summed E-state index contributed by atoms with van der Waals surface area (Å²) in [5.41, 5.74) is 1.96. The lowest BCUT2D eigenvalue weighted by Gasteiger charge is -2.25. The Morgan fingerprint density at radius 2 is 1.96 bits per heavy atom. The van der Waals surface area contributed by atoms with Gasteiger partial charge in [-0.25, -0.2) is 4.79 Å². The molecule has 7 heteroatoms. The van der Waals surface area contributed by atoms with E-state index in [1.165, 1.54) is 18.3 Å². The van der Waals surface area contributed by atoms with Gasteiger partial charge in [0.15, 0.2) is 0 Å². The van der Waals surface area contributed by atoms with Gasteiger partial charge in [0.25, 0.3) is 0 Å². The van der Waals surface area contributed by atoms with Crippen LogP contribution in [0.2, 0.25) is 0 Å². The predicted octanol–water partition coefficient (Wildman–Crippen LogP) is 2.92. The van der Waals surface area contributed by atoms with Crippen molar-refractivity contribution in [1.82, 2.24) is 4.90 Å². The van der Waals surface area contributed by atoms with Crippen LogP contribution < -0.4 is 5.32 Å². The van der Waals surface area contributed by atoms with E-state index in [1.54, 1.807) is 4.90 Å². The second-order valence-electron chi connectivity index (χ2n) is 6.24. The van der Waals surface area contributed by atoms with E-state index in [1.807, 2.05) is 30.3 Å². The van der Waals surface area contributed by atoms with Crippen LogP contribution in [0.3, 0.4) is 0 Å². The molecule has 0 saturated heterocycles. The second-order valence-corrected chi connectivity index (χ2v) is 7.34. The number of hydrogen-bond donors (Lipinski definition) is 2. The lowest BCUT2D eigenvalue weighted by Crippen LogP contribution is -2.33. The van der Waals surface area contributed by atoms with Gasteiger partial charge in [-0.3, -0.25) is 9.59 Å². The van der Waals surface area contributed by atoms with Gasteiger partial charge in [-0.2, -0.15) is 0 Å². The van der Waals surface area contributed by atoms with Gasteiger partial charge in [0, 0.05) is 24.8 Å². The molecule has 0 spiro atoms. The van der Waals surface area contributed by atoms with E-state index >= 15 is 0 Å². The molecule has 26 heavy (non-hydrogen) atoms. The summed E-state index contributed by atoms with van der Waals surface area (Å²) in [4.78, 5) is 38.1. The zero-order valence-corrected chi connectivity index (χ0v) is 15.3. The number of carboxylic acid groups (broad SMARTS) is 1. The summed E-state index contributed by atoms with van der Waals surface area (Å²) in [6, 6.07) is 9.67. The number of nitrogens with one attached hydrogen (secondary N) is 1. The Hall–Kier alpha value is -2.67. The van der Waals surface area contributed by atoms with Crippen molar-refractivity contribution in [3.8, 4) is 0 Å². The number of anilines is 1. The van der Waals surface area contributed by atoms with Crippen molar-refractivity contribution in [2.75, 3.05) is 11.9 Å². The highest BCUT2D eigenvalue weighted by Crippen LogP contribution is 2.37. The first-order valence-electron chi connectivity index (χ1n) is 8.43. The normalized spacial score (nSPS) is 13.2. The van der Waals surface area contributed by atoms with Crippen molar-refractivity contribution in [3.63, 3.8) is 0 Å². The van der Waals surface area contributed by atoms with Gasteiger partial charge in [-0.1, -0.05) is 30.3 Å². The highest BCUT2D eigenvalue weighted by molar-refractivity contribution is 7.17. The number of benzene rings is 1. The van der Waals surface area contributed by atoms with Crippen LogP contribution in [0.4, 0.5) is 5.00 Å². The van der Waals surface area contributed by atoms with E-state index < -0.39 is 5.97 Å². The van der Waals surface area contributed by atoms with Crippen molar-refractivity contribution in [2.24, 2.45) is 0 Å². The largest absolute Gasteiger partial charge is 0.478 e. The molecule has 1 aromatic heterocycles. The third kappa shape index (κ3) is 3.94. The van der Waals surface area contributed by atoms with E-state index in [-0.39, 0.29) is 23.8 Å². The third-order valence-corrected chi connectivity index (χ3v) is 5.58. The zero-order valence-electron chi connectivity index (χ0n) is 14.4. The molecule has 136 valence electrons. The monoisotopic (exact) mass is 372 g/mol. The summed E-state index contributed by atoms with van der Waals surface area (Å²) in [5, 5.41) is 12.7. The van der Waals surface area contributed by atoms with Gasteiger partial charge in [0.05, 0.1) is 12.1 Å². The Kier molecular flexibility index (Phi) is 5.37. The maximum atomic E-state index is 12.3. The summed E-state index contributed by atoms with van der Waals surface area (Å²) in [6.07, 6.45) is 1.37. The SMILES string of the molecule is CC(=O)N1CCc2c(sc(NC(=O)CCc3ccccc3)c2C(=O)O)C1. The van der Waals surface area contributed by atoms with Crippen LogP contribution in [-0.2, 0) is 29.0 Å². The molecule has 0 bridgehead atoms. The number of hydrogen-bond acceptors (Lipinski definition) is 4. The standard InChI is InChI=1S/C19H20N2O4S/c1-12(22)21-10-9-14-15(11-21)26-18(17(14)19(24)25)20-16(23)8-7-13-5-3-2-4-6-13/h2-6H,7-11H2,1H3,(H,20,23)(H,24,25). The number of amides is 2. The van der Waals surface area contributed by atoms with Crippen LogP contribution in [0.1, 0.15) is 39.7 Å². The minimum Gasteiger partial charge on any atom is -0.478 e. The molecule has 0 atom stereocenters. The quantitative estimate of drug-likeness (QED) is 0.845. The molecule has 0 aliphatic carbocycles. The molecule has 3 rings (SSSR count). The van der Waals surface area contributed by atoms with Gasteiger partial charge in [0.2, 0.25) is 11.8 Å². The topological polar surface area (TPSA) is 86.7 Å². The van der Waals surface area contributed by atoms with E-state index in [9.17, 15) is 19.5 Å². The Morgan fingerprint density at radius 1 is 1.23 bits per heavy atom. The Balaban J connectivity index is 1.74. The second kappa shape index (κ2) is 7.70. The average molecular weight is 372 g/mol. The third-order valence-electron chi connectivity index (χ3n) is 4.45. The number of rotatable bonds is 5. The first kappa shape index (κ1) is 18.1. The number of carbonyl (C=O) groups is 3. The summed E-state index contributed by atoms with van der Waals surface area (Å²) in [7, 11) is 0. The minimum absolute atomic E-state index is 0.0330. The first-order chi connectivity index (χ1) is 12.5. The highest BCUT2D eigenvalue weighted by Gasteiger charge is 2.29. The van der Waals surface area contributed by atoms with E-state index in [2.05, 4.69) is 5.32 Å². The Morgan fingerprint density at radius 3 is 2.62 bits per heavy atom. The van der Waals surface area contributed by atoms with Crippen LogP contribution >= 0.6 is 11.3 Å². The van der Waals surface area contributed by atoms with Gasteiger partial charge < -0.3 is 15.3 Å². The Labute approximate surface area is 155 Å². The number of aryl methyl sites for hydroxylation is 1. The molecule has 1 aliphatic rings. The summed E-state index contributed by atoms with van der Waals surface area (Å²) in [6.45, 7) is 2.40. The fraction of sp³-hybridized carbons (Fsp3) is 0.316. The molecule has 1 aromatic carbocycles. The van der Waals surface area contributed by atoms with Gasteiger partial charge in [0.1, 0.15) is 5.00 Å². The van der Waals surface area contributed by atoms with Crippen molar-refractivity contribution in [1.29, 1.82) is 0 Å². The number of carbonyl (C=O) groups excluding carboxylic acids is 2. The maximum absolute atomic E-state index is 12.3. The minimum atomic E-state index is -1.04. The number of aromatic carboxylic acids is 1. The molecule has 0 unspecified atom stereocenters. The van der Waals surface area contributed by atoms with E-state index in [0.29, 0.717) is 30.9 Å².